The van der Waals surface area contributed by atoms with Gasteiger partial charge in [-0.15, -0.1) is 6.58 Å². The smallest absolute Gasteiger partial charge is 0.282 e. The third kappa shape index (κ3) is 6.56. The fraction of sp³-hybridized carbons (Fsp3) is 0.343. The van der Waals surface area contributed by atoms with Crippen molar-refractivity contribution in [1.29, 1.82) is 0 Å². The topological polar surface area (TPSA) is 74.9 Å². The molecule has 1 aromatic heterocycles. The molecular formula is C35H41N3O4. The van der Waals surface area contributed by atoms with Crippen molar-refractivity contribution >= 4 is 17.1 Å². The molecule has 0 saturated carbocycles. The zero-order valence-electron chi connectivity index (χ0n) is 25.7. The predicted octanol–water partition coefficient (Wildman–Crippen LogP) is 7.69. The molecule has 1 heterocycles. The maximum Gasteiger partial charge on any atom is 0.282 e. The fourth-order valence-corrected chi connectivity index (χ4v) is 4.90. The van der Waals surface area contributed by atoms with E-state index in [2.05, 4.69) is 26.5 Å². The van der Waals surface area contributed by atoms with Crippen molar-refractivity contribution in [3.8, 4) is 28.6 Å². The molecule has 0 aliphatic carbocycles. The summed E-state index contributed by atoms with van der Waals surface area (Å²) in [5.41, 5.74) is 4.88. The minimum absolute atomic E-state index is 0.0230. The lowest BCUT2D eigenvalue weighted by molar-refractivity contribution is 0.222. The molecule has 0 unspecified atom stereocenters. The first-order chi connectivity index (χ1) is 20.2. The van der Waals surface area contributed by atoms with Crippen LogP contribution in [0.1, 0.15) is 69.7 Å². The van der Waals surface area contributed by atoms with Crippen LogP contribution in [0, 0.1) is 6.92 Å². The Morgan fingerprint density at radius 1 is 1.00 bits per heavy atom. The van der Waals surface area contributed by atoms with Crippen molar-refractivity contribution in [3.05, 3.63) is 93.8 Å². The number of hydrogen-bond donors (Lipinski definition) is 0. The summed E-state index contributed by atoms with van der Waals surface area (Å²) in [6.07, 6.45) is 4.07. The molecule has 220 valence electrons. The Labute approximate surface area is 248 Å². The zero-order chi connectivity index (χ0) is 30.4. The summed E-state index contributed by atoms with van der Waals surface area (Å²) in [6, 6.07) is 15.3. The molecular weight excluding hydrogens is 526 g/mol. The summed E-state index contributed by atoms with van der Waals surface area (Å²) in [5, 5.41) is 5.23. The van der Waals surface area contributed by atoms with Gasteiger partial charge in [-0.1, -0.05) is 32.1 Å². The van der Waals surface area contributed by atoms with E-state index in [0.717, 1.165) is 33.6 Å². The van der Waals surface area contributed by atoms with Gasteiger partial charge in [0.25, 0.3) is 5.56 Å². The van der Waals surface area contributed by atoms with Gasteiger partial charge in [0.1, 0.15) is 5.75 Å². The number of ether oxygens (including phenoxy) is 3. The summed E-state index contributed by atoms with van der Waals surface area (Å²) >= 11 is 0. The minimum Gasteiger partial charge on any atom is -0.494 e. The van der Waals surface area contributed by atoms with Crippen molar-refractivity contribution in [2.24, 2.45) is 5.10 Å². The van der Waals surface area contributed by atoms with Crippen LogP contribution in [-0.2, 0) is 6.42 Å². The first-order valence-electron chi connectivity index (χ1n) is 14.6. The average molecular weight is 568 g/mol. The normalized spacial score (nSPS) is 11.5. The second kappa shape index (κ2) is 13.5. The van der Waals surface area contributed by atoms with E-state index in [4.69, 9.17) is 24.3 Å². The zero-order valence-corrected chi connectivity index (χ0v) is 25.7. The maximum atomic E-state index is 13.9. The van der Waals surface area contributed by atoms with Crippen LogP contribution in [0.5, 0.6) is 17.2 Å². The molecule has 4 rings (SSSR count). The number of fused-ring (bicyclic) bond motifs is 1. The second-order valence-electron chi connectivity index (χ2n) is 10.7. The molecule has 0 bridgehead atoms. The number of aromatic nitrogens is 2. The first kappa shape index (κ1) is 30.6. The van der Waals surface area contributed by atoms with Crippen LogP contribution in [0.15, 0.2) is 71.1 Å². The molecule has 0 atom stereocenters. The van der Waals surface area contributed by atoms with Crippen molar-refractivity contribution in [3.63, 3.8) is 0 Å². The summed E-state index contributed by atoms with van der Waals surface area (Å²) in [4.78, 5) is 18.8. The van der Waals surface area contributed by atoms with Crippen LogP contribution in [0.3, 0.4) is 0 Å². The van der Waals surface area contributed by atoms with Crippen LogP contribution in [-0.4, -0.2) is 35.2 Å². The molecule has 0 fully saturated rings. The van der Waals surface area contributed by atoms with Gasteiger partial charge in [0.15, 0.2) is 17.3 Å². The molecule has 0 aliphatic rings. The number of benzene rings is 3. The summed E-state index contributed by atoms with van der Waals surface area (Å²) < 4.78 is 19.4. The van der Waals surface area contributed by atoms with E-state index in [1.165, 1.54) is 4.68 Å². The lowest BCUT2D eigenvalue weighted by Crippen LogP contribution is -2.21. The monoisotopic (exact) mass is 567 g/mol. The Morgan fingerprint density at radius 3 is 2.38 bits per heavy atom. The van der Waals surface area contributed by atoms with Gasteiger partial charge in [-0.05, 0) is 100 Å². The van der Waals surface area contributed by atoms with Gasteiger partial charge in [-0.3, -0.25) is 4.79 Å². The quantitative estimate of drug-likeness (QED) is 0.130. The Bertz CT molecular complexity index is 1670. The van der Waals surface area contributed by atoms with Gasteiger partial charge in [0.2, 0.25) is 0 Å². The van der Waals surface area contributed by atoms with Crippen LogP contribution in [0.4, 0.5) is 0 Å². The van der Waals surface area contributed by atoms with E-state index in [9.17, 15) is 4.79 Å². The van der Waals surface area contributed by atoms with Crippen molar-refractivity contribution in [2.75, 3.05) is 13.2 Å². The number of hydrogen-bond acceptors (Lipinski definition) is 6. The molecule has 0 amide bonds. The Hall–Kier alpha value is -4.39. The summed E-state index contributed by atoms with van der Waals surface area (Å²) in [5.74, 6) is 2.84. The van der Waals surface area contributed by atoms with Crippen LogP contribution in [0.2, 0.25) is 0 Å². The third-order valence-corrected chi connectivity index (χ3v) is 6.77. The minimum atomic E-state index is -0.248. The number of para-hydroxylation sites is 1. The lowest BCUT2D eigenvalue weighted by Gasteiger charge is -2.19. The van der Waals surface area contributed by atoms with Crippen molar-refractivity contribution < 1.29 is 14.2 Å². The van der Waals surface area contributed by atoms with Crippen LogP contribution in [0.25, 0.3) is 22.3 Å². The number of nitrogens with zero attached hydrogens (tertiary/aromatic N) is 3. The molecule has 7 heteroatoms. The van der Waals surface area contributed by atoms with Crippen molar-refractivity contribution in [2.45, 2.75) is 66.9 Å². The number of rotatable bonds is 12. The molecule has 0 radical (unpaired) electrons. The van der Waals surface area contributed by atoms with Gasteiger partial charge < -0.3 is 14.2 Å². The molecule has 3 aromatic carbocycles. The largest absolute Gasteiger partial charge is 0.494 e. The third-order valence-electron chi connectivity index (χ3n) is 6.77. The van der Waals surface area contributed by atoms with Gasteiger partial charge >= 0.3 is 0 Å². The highest BCUT2D eigenvalue weighted by molar-refractivity contribution is 5.83. The van der Waals surface area contributed by atoms with Gasteiger partial charge in [-0.2, -0.15) is 9.78 Å². The predicted molar refractivity (Wildman–Crippen MR) is 172 cm³/mol. The molecule has 0 saturated heterocycles. The molecule has 7 nitrogen and oxygen atoms in total. The Morgan fingerprint density at radius 2 is 1.71 bits per heavy atom. The summed E-state index contributed by atoms with van der Waals surface area (Å²) in [7, 11) is 0. The lowest BCUT2D eigenvalue weighted by atomic mass is 9.96. The van der Waals surface area contributed by atoms with E-state index >= 15 is 0 Å². The molecule has 42 heavy (non-hydrogen) atoms. The van der Waals surface area contributed by atoms with E-state index in [1.54, 1.807) is 12.3 Å². The maximum absolute atomic E-state index is 13.9. The van der Waals surface area contributed by atoms with Crippen LogP contribution >= 0.6 is 0 Å². The van der Waals surface area contributed by atoms with E-state index in [-0.39, 0.29) is 17.6 Å². The summed E-state index contributed by atoms with van der Waals surface area (Å²) in [6.45, 7) is 19.1. The highest BCUT2D eigenvalue weighted by Gasteiger charge is 2.19. The van der Waals surface area contributed by atoms with E-state index in [1.807, 2.05) is 77.1 Å². The standard InChI is InChI=1S/C35H41N3O4/c1-9-14-26-18-25(19-32(41-11-3)33(26)42-23(6)7)21-36-38-34(37-30-16-13-12-15-27(30)35(38)39)29-20-28(22(4)5)31(40-10-2)17-24(29)8/h9,12-13,15-23H,1,10-11,14H2,2-8H3. The van der Waals surface area contributed by atoms with Gasteiger partial charge in [0, 0.05) is 11.1 Å². The molecule has 0 spiro atoms. The number of allylic oxidation sites excluding steroid dienone is 1. The molecule has 4 aromatic rings. The highest BCUT2D eigenvalue weighted by atomic mass is 16.5. The molecule has 0 N–H and O–H groups in total. The highest BCUT2D eigenvalue weighted by Crippen LogP contribution is 2.36. The van der Waals surface area contributed by atoms with E-state index in [0.29, 0.717) is 47.9 Å². The second-order valence-corrected chi connectivity index (χ2v) is 10.7. The van der Waals surface area contributed by atoms with Gasteiger partial charge in [-0.25, -0.2) is 4.98 Å². The first-order valence-corrected chi connectivity index (χ1v) is 14.6. The van der Waals surface area contributed by atoms with Crippen molar-refractivity contribution in [1.82, 2.24) is 9.66 Å². The Balaban J connectivity index is 1.95. The SMILES string of the molecule is C=CCc1cc(C=Nn2c(-c3cc(C(C)C)c(OCC)cc3C)nc3ccccc3c2=O)cc(OCC)c1OC(C)C. The van der Waals surface area contributed by atoms with E-state index < -0.39 is 0 Å². The Kier molecular flexibility index (Phi) is 9.84. The fourth-order valence-electron chi connectivity index (χ4n) is 4.90. The van der Waals surface area contributed by atoms with Gasteiger partial charge in [0.05, 0.1) is 36.4 Å². The average Bonchev–Trinajstić information content (AvgIpc) is 2.94. The molecule has 0 aliphatic heterocycles. The van der Waals surface area contributed by atoms with Crippen LogP contribution < -0.4 is 19.8 Å². The number of aryl methyl sites for hydroxylation is 1.